The molecular formula is C13H21NO3. The Labute approximate surface area is 102 Å². The molecule has 1 amide bonds. The van der Waals surface area contributed by atoms with E-state index in [4.69, 9.17) is 4.74 Å². The van der Waals surface area contributed by atoms with E-state index < -0.39 is 5.54 Å². The maximum atomic E-state index is 12.2. The molecule has 1 unspecified atom stereocenters. The van der Waals surface area contributed by atoms with E-state index in [-0.39, 0.29) is 18.4 Å². The van der Waals surface area contributed by atoms with Gasteiger partial charge in [-0.25, -0.2) is 0 Å². The first-order chi connectivity index (χ1) is 8.17. The van der Waals surface area contributed by atoms with Crippen LogP contribution in [-0.4, -0.2) is 36.4 Å². The maximum Gasteiger partial charge on any atom is 0.224 e. The third-order valence-corrected chi connectivity index (χ3v) is 3.88. The van der Waals surface area contributed by atoms with Gasteiger partial charge >= 0.3 is 0 Å². The van der Waals surface area contributed by atoms with Gasteiger partial charge in [-0.05, 0) is 25.2 Å². The van der Waals surface area contributed by atoms with Crippen LogP contribution in [0.1, 0.15) is 26.2 Å². The summed E-state index contributed by atoms with van der Waals surface area (Å²) < 4.78 is 5.28. The predicted molar refractivity (Wildman–Crippen MR) is 64.4 cm³/mol. The normalized spacial score (nSPS) is 37.1. The molecule has 0 saturated carbocycles. The Balaban J connectivity index is 1.98. The second-order valence-electron chi connectivity index (χ2n) is 5.26. The number of hydrogen-bond acceptors (Lipinski definition) is 3. The van der Waals surface area contributed by atoms with E-state index in [9.17, 15) is 9.90 Å². The van der Waals surface area contributed by atoms with Crippen LogP contribution in [0.3, 0.4) is 0 Å². The molecule has 96 valence electrons. The highest BCUT2D eigenvalue weighted by Gasteiger charge is 2.38. The van der Waals surface area contributed by atoms with Gasteiger partial charge in [0.25, 0.3) is 0 Å². The first-order valence-electron chi connectivity index (χ1n) is 6.32. The Bertz CT molecular complexity index is 308. The van der Waals surface area contributed by atoms with E-state index in [1.54, 1.807) is 0 Å². The van der Waals surface area contributed by atoms with Crippen LogP contribution in [0.25, 0.3) is 0 Å². The van der Waals surface area contributed by atoms with Crippen molar-refractivity contribution in [3.63, 3.8) is 0 Å². The van der Waals surface area contributed by atoms with Crippen LogP contribution < -0.4 is 5.32 Å². The summed E-state index contributed by atoms with van der Waals surface area (Å²) >= 11 is 0. The molecule has 17 heavy (non-hydrogen) atoms. The van der Waals surface area contributed by atoms with Gasteiger partial charge in [-0.1, -0.05) is 19.1 Å². The lowest BCUT2D eigenvalue weighted by atomic mass is 9.83. The quantitative estimate of drug-likeness (QED) is 0.718. The monoisotopic (exact) mass is 239 g/mol. The van der Waals surface area contributed by atoms with Crippen LogP contribution in [0.5, 0.6) is 0 Å². The van der Waals surface area contributed by atoms with Crippen molar-refractivity contribution in [1.82, 2.24) is 5.32 Å². The Morgan fingerprint density at radius 2 is 2.29 bits per heavy atom. The number of hydrogen-bond donors (Lipinski definition) is 2. The lowest BCUT2D eigenvalue weighted by Gasteiger charge is -2.31. The highest BCUT2D eigenvalue weighted by atomic mass is 16.5. The molecule has 2 N–H and O–H groups in total. The minimum Gasteiger partial charge on any atom is -0.394 e. The third-order valence-electron chi connectivity index (χ3n) is 3.88. The number of aliphatic hydroxyl groups is 1. The molecule has 2 aliphatic rings. The van der Waals surface area contributed by atoms with Crippen molar-refractivity contribution in [2.75, 3.05) is 19.8 Å². The second kappa shape index (κ2) is 5.19. The fourth-order valence-corrected chi connectivity index (χ4v) is 2.54. The first-order valence-corrected chi connectivity index (χ1v) is 6.32. The molecule has 0 aromatic carbocycles. The van der Waals surface area contributed by atoms with Crippen molar-refractivity contribution < 1.29 is 14.6 Å². The molecule has 0 radical (unpaired) electrons. The summed E-state index contributed by atoms with van der Waals surface area (Å²) in [4.78, 5) is 12.2. The summed E-state index contributed by atoms with van der Waals surface area (Å²) in [7, 11) is 0. The number of carbonyl (C=O) groups is 1. The lowest BCUT2D eigenvalue weighted by Crippen LogP contribution is -2.54. The van der Waals surface area contributed by atoms with Gasteiger partial charge in [-0.2, -0.15) is 0 Å². The molecule has 2 rings (SSSR count). The average Bonchev–Trinajstić information content (AvgIpc) is 2.79. The Morgan fingerprint density at radius 3 is 2.88 bits per heavy atom. The summed E-state index contributed by atoms with van der Waals surface area (Å²) in [6.45, 7) is 3.09. The number of rotatable bonds is 3. The minimum atomic E-state index is -0.544. The highest BCUT2D eigenvalue weighted by molar-refractivity contribution is 5.80. The number of nitrogens with one attached hydrogen (secondary N) is 1. The average molecular weight is 239 g/mol. The topological polar surface area (TPSA) is 58.6 Å². The van der Waals surface area contributed by atoms with Crippen LogP contribution >= 0.6 is 0 Å². The Morgan fingerprint density at radius 1 is 1.53 bits per heavy atom. The largest absolute Gasteiger partial charge is 0.394 e. The fourth-order valence-electron chi connectivity index (χ4n) is 2.54. The number of carbonyl (C=O) groups excluding carboxylic acids is 1. The van der Waals surface area contributed by atoms with Crippen molar-refractivity contribution in [3.05, 3.63) is 12.2 Å². The van der Waals surface area contributed by atoms with Gasteiger partial charge < -0.3 is 15.2 Å². The lowest BCUT2D eigenvalue weighted by molar-refractivity contribution is -0.129. The highest BCUT2D eigenvalue weighted by Crippen LogP contribution is 2.27. The van der Waals surface area contributed by atoms with Gasteiger partial charge in [-0.3, -0.25) is 4.79 Å². The van der Waals surface area contributed by atoms with Crippen molar-refractivity contribution in [2.24, 2.45) is 11.8 Å². The fraction of sp³-hybridized carbons (Fsp3) is 0.769. The van der Waals surface area contributed by atoms with E-state index in [0.717, 1.165) is 12.8 Å². The number of ether oxygens (including phenoxy) is 1. The summed E-state index contributed by atoms with van der Waals surface area (Å²) in [5.74, 6) is 0.462. The number of aliphatic hydroxyl groups excluding tert-OH is 1. The summed E-state index contributed by atoms with van der Waals surface area (Å²) in [5.41, 5.74) is -0.544. The van der Waals surface area contributed by atoms with Crippen molar-refractivity contribution in [2.45, 2.75) is 31.7 Å². The number of allylic oxidation sites excluding steroid dienone is 2. The predicted octanol–water partition coefficient (Wildman–Crippen LogP) is 0.856. The van der Waals surface area contributed by atoms with E-state index in [0.29, 0.717) is 25.6 Å². The summed E-state index contributed by atoms with van der Waals surface area (Å²) in [6.07, 6.45) is 6.66. The number of amides is 1. The van der Waals surface area contributed by atoms with Gasteiger partial charge in [0.15, 0.2) is 0 Å². The van der Waals surface area contributed by atoms with Gasteiger partial charge in [0, 0.05) is 12.5 Å². The SMILES string of the molecule is C[C@@H]1CC=CC[C@H]1C(=O)NC1(CO)CCOC1. The Hall–Kier alpha value is -0.870. The van der Waals surface area contributed by atoms with Crippen LogP contribution in [0.4, 0.5) is 0 Å². The van der Waals surface area contributed by atoms with Gasteiger partial charge in [-0.15, -0.1) is 0 Å². The van der Waals surface area contributed by atoms with E-state index in [2.05, 4.69) is 24.4 Å². The third kappa shape index (κ3) is 2.69. The molecule has 3 atom stereocenters. The molecular weight excluding hydrogens is 218 g/mol. The minimum absolute atomic E-state index is 0.0315. The second-order valence-corrected chi connectivity index (χ2v) is 5.26. The standard InChI is InChI=1S/C13H21NO3/c1-10-4-2-3-5-11(10)12(16)14-13(8-15)6-7-17-9-13/h2-3,10-11,15H,4-9H2,1H3,(H,14,16)/t10-,11-,13?/m1/s1. The smallest absolute Gasteiger partial charge is 0.224 e. The first kappa shape index (κ1) is 12.6. The zero-order valence-corrected chi connectivity index (χ0v) is 10.3. The van der Waals surface area contributed by atoms with E-state index >= 15 is 0 Å². The van der Waals surface area contributed by atoms with Crippen LogP contribution in [0.15, 0.2) is 12.2 Å². The molecule has 1 heterocycles. The van der Waals surface area contributed by atoms with E-state index in [1.165, 1.54) is 0 Å². The molecule has 0 aromatic heterocycles. The molecule has 0 bridgehead atoms. The molecule has 1 fully saturated rings. The Kier molecular flexibility index (Phi) is 3.84. The molecule has 4 heteroatoms. The molecule has 1 aliphatic carbocycles. The van der Waals surface area contributed by atoms with Crippen molar-refractivity contribution in [1.29, 1.82) is 0 Å². The molecule has 4 nitrogen and oxygen atoms in total. The van der Waals surface area contributed by atoms with Gasteiger partial charge in [0.1, 0.15) is 0 Å². The molecule has 1 aliphatic heterocycles. The molecule has 0 spiro atoms. The summed E-state index contributed by atoms with van der Waals surface area (Å²) in [6, 6.07) is 0. The zero-order valence-electron chi connectivity index (χ0n) is 10.3. The van der Waals surface area contributed by atoms with E-state index in [1.807, 2.05) is 0 Å². The van der Waals surface area contributed by atoms with Crippen molar-refractivity contribution in [3.8, 4) is 0 Å². The van der Waals surface area contributed by atoms with Gasteiger partial charge in [0.2, 0.25) is 5.91 Å². The van der Waals surface area contributed by atoms with Crippen LogP contribution in [-0.2, 0) is 9.53 Å². The van der Waals surface area contributed by atoms with Crippen molar-refractivity contribution >= 4 is 5.91 Å². The van der Waals surface area contributed by atoms with Gasteiger partial charge in [0.05, 0.1) is 18.8 Å². The molecule has 1 saturated heterocycles. The summed E-state index contributed by atoms with van der Waals surface area (Å²) in [5, 5.41) is 12.4. The molecule has 0 aromatic rings. The van der Waals surface area contributed by atoms with Crippen LogP contribution in [0, 0.1) is 11.8 Å². The van der Waals surface area contributed by atoms with Crippen LogP contribution in [0.2, 0.25) is 0 Å². The maximum absolute atomic E-state index is 12.2. The zero-order chi connectivity index (χ0) is 12.3.